The third-order valence-electron chi connectivity index (χ3n) is 4.54. The van der Waals surface area contributed by atoms with Gasteiger partial charge in [-0.2, -0.15) is 0 Å². The van der Waals surface area contributed by atoms with E-state index in [0.29, 0.717) is 23.0 Å². The van der Waals surface area contributed by atoms with Crippen LogP contribution >= 0.6 is 11.8 Å². The number of amides is 1. The Hall–Kier alpha value is -2.70. The second-order valence-electron chi connectivity index (χ2n) is 6.82. The normalized spacial score (nSPS) is 10.9. The Bertz CT molecular complexity index is 919. The molecule has 150 valence electrons. The number of aromatic nitrogens is 2. The Kier molecular flexibility index (Phi) is 7.78. The van der Waals surface area contributed by atoms with E-state index < -0.39 is 0 Å². The quantitative estimate of drug-likeness (QED) is 0.329. The van der Waals surface area contributed by atoms with Crippen molar-refractivity contribution in [2.45, 2.75) is 18.1 Å². The van der Waals surface area contributed by atoms with Crippen molar-refractivity contribution < 1.29 is 4.79 Å². The summed E-state index contributed by atoms with van der Waals surface area (Å²) in [5.74, 6) is -0.137. The molecule has 0 aliphatic carbocycles. The van der Waals surface area contributed by atoms with Gasteiger partial charge >= 0.3 is 0 Å². The van der Waals surface area contributed by atoms with Gasteiger partial charge in [-0.05, 0) is 31.8 Å². The first-order valence-electron chi connectivity index (χ1n) is 9.64. The summed E-state index contributed by atoms with van der Waals surface area (Å²) in [6, 6.07) is 20.1. The number of carbonyl (C=O) groups excluding carboxylic acids is 1. The number of thioether (sulfide) groups is 1. The van der Waals surface area contributed by atoms with Gasteiger partial charge in [0.15, 0.2) is 5.16 Å². The Morgan fingerprint density at radius 1 is 1.07 bits per heavy atom. The van der Waals surface area contributed by atoms with Crippen LogP contribution in [0.25, 0.3) is 11.3 Å². The molecule has 1 N–H and O–H groups in total. The molecule has 0 fully saturated rings. The van der Waals surface area contributed by atoms with E-state index in [1.54, 1.807) is 6.20 Å². The number of carbonyl (C=O) groups is 1. The van der Waals surface area contributed by atoms with E-state index in [1.165, 1.54) is 17.3 Å². The van der Waals surface area contributed by atoms with Crippen molar-refractivity contribution in [1.29, 1.82) is 0 Å². The second kappa shape index (κ2) is 10.7. The van der Waals surface area contributed by atoms with Crippen LogP contribution in [-0.2, 0) is 6.54 Å². The summed E-state index contributed by atoms with van der Waals surface area (Å²) in [5, 5.41) is 3.67. The fourth-order valence-electron chi connectivity index (χ4n) is 3.07. The highest BCUT2D eigenvalue weighted by molar-refractivity contribution is 7.98. The molecule has 0 aliphatic heterocycles. The topological polar surface area (TPSA) is 58.1 Å². The molecule has 2 aromatic carbocycles. The van der Waals surface area contributed by atoms with Gasteiger partial charge in [-0.15, -0.1) is 0 Å². The molecule has 0 bridgehead atoms. The SMILES string of the molecule is CSc1ncc(C(=O)NCCCN(C)Cc2ccccc2)c(-c2ccccc2)n1. The first-order chi connectivity index (χ1) is 14.2. The van der Waals surface area contributed by atoms with E-state index in [0.717, 1.165) is 25.1 Å². The Labute approximate surface area is 176 Å². The summed E-state index contributed by atoms with van der Waals surface area (Å²) in [6.07, 6.45) is 4.42. The van der Waals surface area contributed by atoms with E-state index >= 15 is 0 Å². The maximum absolute atomic E-state index is 12.8. The summed E-state index contributed by atoms with van der Waals surface area (Å²) >= 11 is 1.46. The van der Waals surface area contributed by atoms with Crippen LogP contribution in [0.4, 0.5) is 0 Å². The van der Waals surface area contributed by atoms with Crippen molar-refractivity contribution >= 4 is 17.7 Å². The fraction of sp³-hybridized carbons (Fsp3) is 0.261. The van der Waals surface area contributed by atoms with Gasteiger partial charge in [0.1, 0.15) is 0 Å². The predicted octanol–water partition coefficient (Wildman–Crippen LogP) is 4.12. The van der Waals surface area contributed by atoms with Crippen LogP contribution in [0.1, 0.15) is 22.3 Å². The lowest BCUT2D eigenvalue weighted by Crippen LogP contribution is -2.28. The minimum atomic E-state index is -0.137. The van der Waals surface area contributed by atoms with Crippen molar-refractivity contribution in [3.8, 4) is 11.3 Å². The van der Waals surface area contributed by atoms with Crippen LogP contribution in [0.15, 0.2) is 72.0 Å². The minimum Gasteiger partial charge on any atom is -0.352 e. The molecular formula is C23H26N4OS. The minimum absolute atomic E-state index is 0.137. The van der Waals surface area contributed by atoms with Gasteiger partial charge < -0.3 is 10.2 Å². The summed E-state index contributed by atoms with van der Waals surface area (Å²) in [6.45, 7) is 2.41. The largest absolute Gasteiger partial charge is 0.352 e. The third kappa shape index (κ3) is 6.14. The number of rotatable bonds is 9. The monoisotopic (exact) mass is 406 g/mol. The number of hydrogen-bond donors (Lipinski definition) is 1. The molecule has 0 unspecified atom stereocenters. The van der Waals surface area contributed by atoms with Crippen LogP contribution < -0.4 is 5.32 Å². The first kappa shape index (κ1) is 21.0. The molecular weight excluding hydrogens is 380 g/mol. The van der Waals surface area contributed by atoms with Gasteiger partial charge in [0.05, 0.1) is 11.3 Å². The number of nitrogens with zero attached hydrogens (tertiary/aromatic N) is 3. The molecule has 3 rings (SSSR count). The van der Waals surface area contributed by atoms with Gasteiger partial charge in [-0.3, -0.25) is 4.79 Å². The fourth-order valence-corrected chi connectivity index (χ4v) is 3.41. The zero-order valence-electron chi connectivity index (χ0n) is 16.8. The Morgan fingerprint density at radius 3 is 2.45 bits per heavy atom. The Morgan fingerprint density at radius 2 is 1.76 bits per heavy atom. The molecule has 1 aromatic heterocycles. The Balaban J connectivity index is 1.57. The zero-order valence-corrected chi connectivity index (χ0v) is 17.7. The van der Waals surface area contributed by atoms with Crippen molar-refractivity contribution in [2.75, 3.05) is 26.4 Å². The highest BCUT2D eigenvalue weighted by Gasteiger charge is 2.16. The van der Waals surface area contributed by atoms with E-state index in [-0.39, 0.29) is 5.91 Å². The first-order valence-corrected chi connectivity index (χ1v) is 10.9. The molecule has 29 heavy (non-hydrogen) atoms. The van der Waals surface area contributed by atoms with Gasteiger partial charge in [-0.1, -0.05) is 72.4 Å². The standard InChI is InChI=1S/C23H26N4OS/c1-27(17-18-10-5-3-6-11-18)15-9-14-24-22(28)20-16-25-23(29-2)26-21(20)19-12-7-4-8-13-19/h3-8,10-13,16H,9,14-15,17H2,1-2H3,(H,24,28). The number of hydrogen-bond acceptors (Lipinski definition) is 5. The van der Waals surface area contributed by atoms with Crippen LogP contribution in [0.2, 0.25) is 0 Å². The van der Waals surface area contributed by atoms with E-state index in [9.17, 15) is 4.79 Å². The van der Waals surface area contributed by atoms with Crippen molar-refractivity contribution in [3.63, 3.8) is 0 Å². The van der Waals surface area contributed by atoms with E-state index in [2.05, 4.69) is 51.5 Å². The molecule has 3 aromatic rings. The maximum atomic E-state index is 12.8. The smallest absolute Gasteiger partial charge is 0.255 e. The van der Waals surface area contributed by atoms with Crippen molar-refractivity contribution in [3.05, 3.63) is 78.0 Å². The number of nitrogens with one attached hydrogen (secondary N) is 1. The average molecular weight is 407 g/mol. The lowest BCUT2D eigenvalue weighted by Gasteiger charge is -2.17. The second-order valence-corrected chi connectivity index (χ2v) is 7.59. The van der Waals surface area contributed by atoms with Crippen LogP contribution in [0.5, 0.6) is 0 Å². The van der Waals surface area contributed by atoms with E-state index in [1.807, 2.05) is 42.7 Å². The summed E-state index contributed by atoms with van der Waals surface area (Å²) < 4.78 is 0. The summed E-state index contributed by atoms with van der Waals surface area (Å²) in [5.41, 5.74) is 3.38. The third-order valence-corrected chi connectivity index (χ3v) is 5.10. The number of benzene rings is 2. The molecule has 5 nitrogen and oxygen atoms in total. The molecule has 0 radical (unpaired) electrons. The van der Waals surface area contributed by atoms with Crippen LogP contribution in [-0.4, -0.2) is 47.2 Å². The zero-order chi connectivity index (χ0) is 20.5. The van der Waals surface area contributed by atoms with Crippen LogP contribution in [0.3, 0.4) is 0 Å². The lowest BCUT2D eigenvalue weighted by atomic mass is 10.1. The van der Waals surface area contributed by atoms with Crippen molar-refractivity contribution in [2.24, 2.45) is 0 Å². The van der Waals surface area contributed by atoms with Gasteiger partial charge in [0.25, 0.3) is 5.91 Å². The van der Waals surface area contributed by atoms with Gasteiger partial charge in [-0.25, -0.2) is 9.97 Å². The molecule has 6 heteroatoms. The maximum Gasteiger partial charge on any atom is 0.255 e. The highest BCUT2D eigenvalue weighted by atomic mass is 32.2. The van der Waals surface area contributed by atoms with Gasteiger partial charge in [0.2, 0.25) is 0 Å². The highest BCUT2D eigenvalue weighted by Crippen LogP contribution is 2.23. The molecule has 0 saturated carbocycles. The summed E-state index contributed by atoms with van der Waals surface area (Å²) in [7, 11) is 2.09. The molecule has 0 spiro atoms. The average Bonchev–Trinajstić information content (AvgIpc) is 2.77. The van der Waals surface area contributed by atoms with Crippen LogP contribution in [0, 0.1) is 0 Å². The molecule has 0 saturated heterocycles. The lowest BCUT2D eigenvalue weighted by molar-refractivity contribution is 0.0951. The van der Waals surface area contributed by atoms with Crippen molar-refractivity contribution in [1.82, 2.24) is 20.2 Å². The predicted molar refractivity (Wildman–Crippen MR) is 119 cm³/mol. The molecule has 1 amide bonds. The molecule has 0 aliphatic rings. The summed E-state index contributed by atoms with van der Waals surface area (Å²) in [4.78, 5) is 23.9. The van der Waals surface area contributed by atoms with Gasteiger partial charge in [0, 0.05) is 24.8 Å². The molecule has 1 heterocycles. The van der Waals surface area contributed by atoms with E-state index in [4.69, 9.17) is 0 Å². The molecule has 0 atom stereocenters.